The monoisotopic (exact) mass is 397 g/mol. The fraction of sp³-hybridized carbons (Fsp3) is 0.286. The molecule has 1 atom stereocenters. The molecule has 0 spiro atoms. The molecule has 0 unspecified atom stereocenters. The summed E-state index contributed by atoms with van der Waals surface area (Å²) in [4.78, 5) is 35.6. The van der Waals surface area contributed by atoms with E-state index in [1.807, 2.05) is 24.3 Å². The largest absolute Gasteiger partial charge is 0.326 e. The number of thioether (sulfide) groups is 1. The summed E-state index contributed by atoms with van der Waals surface area (Å²) >= 11 is 1.52. The van der Waals surface area contributed by atoms with Crippen LogP contribution >= 0.6 is 11.8 Å². The Labute approximate surface area is 168 Å². The normalized spacial score (nSPS) is 15.8. The smallest absolute Gasteiger partial charge is 0.237 e. The molecule has 0 saturated heterocycles. The van der Waals surface area contributed by atoms with Gasteiger partial charge in [0.15, 0.2) is 0 Å². The molecule has 146 valence electrons. The van der Waals surface area contributed by atoms with Gasteiger partial charge in [0.05, 0.1) is 5.25 Å². The van der Waals surface area contributed by atoms with Crippen LogP contribution in [0.1, 0.15) is 25.3 Å². The first-order valence-electron chi connectivity index (χ1n) is 9.19. The van der Waals surface area contributed by atoms with Crippen LogP contribution in [-0.4, -0.2) is 28.7 Å². The lowest BCUT2D eigenvalue weighted by Crippen LogP contribution is -2.24. The predicted molar refractivity (Wildman–Crippen MR) is 114 cm³/mol. The topological polar surface area (TPSA) is 87.3 Å². The molecule has 3 amide bonds. The Morgan fingerprint density at radius 3 is 2.46 bits per heavy atom. The molecule has 1 aliphatic rings. The maximum atomic E-state index is 12.4. The summed E-state index contributed by atoms with van der Waals surface area (Å²) in [6, 6.07) is 14.8. The quantitative estimate of drug-likeness (QED) is 0.694. The van der Waals surface area contributed by atoms with E-state index in [0.717, 1.165) is 24.1 Å². The van der Waals surface area contributed by atoms with Crippen molar-refractivity contribution >= 4 is 46.5 Å². The number of aryl methyl sites for hydroxylation is 1. The molecule has 0 aliphatic carbocycles. The zero-order valence-corrected chi connectivity index (χ0v) is 16.5. The minimum absolute atomic E-state index is 0.00363. The van der Waals surface area contributed by atoms with Gasteiger partial charge in [0, 0.05) is 36.2 Å². The van der Waals surface area contributed by atoms with Crippen molar-refractivity contribution in [3.8, 4) is 0 Å². The average molecular weight is 398 g/mol. The molecule has 0 bridgehead atoms. The van der Waals surface area contributed by atoms with Gasteiger partial charge in [0.25, 0.3) is 0 Å². The molecule has 2 aromatic rings. The summed E-state index contributed by atoms with van der Waals surface area (Å²) in [6.07, 6.45) is 1.94. The van der Waals surface area contributed by atoms with E-state index in [0.29, 0.717) is 23.5 Å². The lowest BCUT2D eigenvalue weighted by Gasteiger charge is -2.13. The fourth-order valence-corrected chi connectivity index (χ4v) is 4.09. The van der Waals surface area contributed by atoms with Crippen molar-refractivity contribution in [1.29, 1.82) is 0 Å². The highest BCUT2D eigenvalue weighted by molar-refractivity contribution is 8.00. The van der Waals surface area contributed by atoms with Crippen LogP contribution in [0.25, 0.3) is 0 Å². The van der Waals surface area contributed by atoms with Crippen molar-refractivity contribution < 1.29 is 14.4 Å². The van der Waals surface area contributed by atoms with Gasteiger partial charge in [0.2, 0.25) is 17.7 Å². The first-order chi connectivity index (χ1) is 13.5. The molecule has 3 N–H and O–H groups in total. The Bertz CT molecular complexity index is 867. The van der Waals surface area contributed by atoms with E-state index >= 15 is 0 Å². The van der Waals surface area contributed by atoms with E-state index in [-0.39, 0.29) is 23.0 Å². The van der Waals surface area contributed by atoms with Crippen LogP contribution in [0.3, 0.4) is 0 Å². The van der Waals surface area contributed by atoms with Gasteiger partial charge >= 0.3 is 0 Å². The second kappa shape index (κ2) is 9.41. The third-order valence-corrected chi connectivity index (χ3v) is 5.67. The Balaban J connectivity index is 1.44. The summed E-state index contributed by atoms with van der Waals surface area (Å²) < 4.78 is 0. The van der Waals surface area contributed by atoms with Crippen molar-refractivity contribution in [3.05, 3.63) is 54.1 Å². The van der Waals surface area contributed by atoms with Crippen molar-refractivity contribution in [2.75, 3.05) is 21.7 Å². The number of hydrogen-bond donors (Lipinski definition) is 3. The van der Waals surface area contributed by atoms with E-state index in [4.69, 9.17) is 0 Å². The molecule has 1 heterocycles. The lowest BCUT2D eigenvalue weighted by molar-refractivity contribution is -0.116. The first-order valence-corrected chi connectivity index (χ1v) is 10.2. The van der Waals surface area contributed by atoms with Gasteiger partial charge in [-0.2, -0.15) is 0 Å². The number of carbonyl (C=O) groups excluding carboxylic acids is 3. The number of anilines is 3. The van der Waals surface area contributed by atoms with Crippen LogP contribution in [0.4, 0.5) is 17.1 Å². The maximum absolute atomic E-state index is 12.4. The number of rotatable bonds is 6. The molecule has 3 rings (SSSR count). The molecule has 2 aromatic carbocycles. The fourth-order valence-electron chi connectivity index (χ4n) is 3.01. The Hall–Kier alpha value is -2.80. The van der Waals surface area contributed by atoms with E-state index in [9.17, 15) is 14.4 Å². The van der Waals surface area contributed by atoms with Crippen molar-refractivity contribution in [1.82, 2.24) is 0 Å². The van der Waals surface area contributed by atoms with Gasteiger partial charge in [0.1, 0.15) is 0 Å². The zero-order valence-electron chi connectivity index (χ0n) is 15.7. The molecule has 6 nitrogen and oxygen atoms in total. The summed E-state index contributed by atoms with van der Waals surface area (Å²) in [5.74, 6) is 0.338. The second-order valence-corrected chi connectivity index (χ2v) is 7.91. The number of para-hydroxylation sites is 1. The highest BCUT2D eigenvalue weighted by Gasteiger charge is 2.23. The van der Waals surface area contributed by atoms with Crippen molar-refractivity contribution in [2.24, 2.45) is 0 Å². The highest BCUT2D eigenvalue weighted by Crippen LogP contribution is 2.27. The highest BCUT2D eigenvalue weighted by atomic mass is 32.2. The standard InChI is InChI=1S/C21H23N3O3S/c1-14(25)22-16-7-9-17(10-8-16)23-20(26)12-13-28-19-11-6-15-4-2-3-5-18(15)24-21(19)27/h2-5,7-10,19H,6,11-13H2,1H3,(H,22,25)(H,23,26)(H,24,27)/t19-/m0/s1. The van der Waals surface area contributed by atoms with Crippen LogP contribution in [0.5, 0.6) is 0 Å². The minimum Gasteiger partial charge on any atom is -0.326 e. The number of carbonyl (C=O) groups is 3. The molecule has 7 heteroatoms. The number of amides is 3. The zero-order chi connectivity index (χ0) is 19.9. The Morgan fingerprint density at radius 2 is 1.75 bits per heavy atom. The Kier molecular flexibility index (Phi) is 6.71. The van der Waals surface area contributed by atoms with E-state index in [2.05, 4.69) is 16.0 Å². The van der Waals surface area contributed by atoms with E-state index in [1.165, 1.54) is 18.7 Å². The molecule has 0 saturated carbocycles. The summed E-state index contributed by atoms with van der Waals surface area (Å²) in [6.45, 7) is 1.45. The SMILES string of the molecule is CC(=O)Nc1ccc(NC(=O)CCS[C@H]2CCc3ccccc3NC2=O)cc1. The summed E-state index contributed by atoms with van der Waals surface area (Å²) in [5.41, 5.74) is 3.39. The number of hydrogen-bond acceptors (Lipinski definition) is 4. The van der Waals surface area contributed by atoms with Gasteiger partial charge < -0.3 is 16.0 Å². The molecular weight excluding hydrogens is 374 g/mol. The van der Waals surface area contributed by atoms with Crippen LogP contribution < -0.4 is 16.0 Å². The van der Waals surface area contributed by atoms with Gasteiger partial charge in [-0.3, -0.25) is 14.4 Å². The number of benzene rings is 2. The Morgan fingerprint density at radius 1 is 1.07 bits per heavy atom. The molecule has 0 fully saturated rings. The van der Waals surface area contributed by atoms with Crippen molar-refractivity contribution in [3.63, 3.8) is 0 Å². The third kappa shape index (κ3) is 5.60. The summed E-state index contributed by atoms with van der Waals surface area (Å²) in [7, 11) is 0. The van der Waals surface area contributed by atoms with Gasteiger partial charge in [-0.15, -0.1) is 11.8 Å². The predicted octanol–water partition coefficient (Wildman–Crippen LogP) is 3.66. The van der Waals surface area contributed by atoms with Crippen molar-refractivity contribution in [2.45, 2.75) is 31.4 Å². The lowest BCUT2D eigenvalue weighted by atomic mass is 10.1. The molecular formula is C21H23N3O3S. The van der Waals surface area contributed by atoms with Crippen LogP contribution in [0.15, 0.2) is 48.5 Å². The third-order valence-electron chi connectivity index (χ3n) is 4.38. The number of fused-ring (bicyclic) bond motifs is 1. The van der Waals surface area contributed by atoms with Crippen LogP contribution in [0.2, 0.25) is 0 Å². The van der Waals surface area contributed by atoms with Gasteiger partial charge in [-0.25, -0.2) is 0 Å². The van der Waals surface area contributed by atoms with Crippen LogP contribution in [0, 0.1) is 0 Å². The molecule has 1 aliphatic heterocycles. The molecule has 28 heavy (non-hydrogen) atoms. The first kappa shape index (κ1) is 19.9. The molecule has 0 aromatic heterocycles. The second-order valence-electron chi connectivity index (χ2n) is 6.60. The van der Waals surface area contributed by atoms with Crippen LogP contribution in [-0.2, 0) is 20.8 Å². The number of nitrogens with one attached hydrogen (secondary N) is 3. The maximum Gasteiger partial charge on any atom is 0.237 e. The summed E-state index contributed by atoms with van der Waals surface area (Å²) in [5, 5.41) is 8.33. The average Bonchev–Trinajstić information content (AvgIpc) is 2.82. The van der Waals surface area contributed by atoms with Gasteiger partial charge in [-0.05, 0) is 48.7 Å². The molecule has 0 radical (unpaired) electrons. The minimum atomic E-state index is -0.155. The van der Waals surface area contributed by atoms with E-state index in [1.54, 1.807) is 24.3 Å². The van der Waals surface area contributed by atoms with Gasteiger partial charge in [-0.1, -0.05) is 18.2 Å². The van der Waals surface area contributed by atoms with E-state index < -0.39 is 0 Å².